The van der Waals surface area contributed by atoms with Gasteiger partial charge in [-0.3, -0.25) is 9.52 Å². The van der Waals surface area contributed by atoms with Gasteiger partial charge in [0.15, 0.2) is 0 Å². The molecule has 0 atom stereocenters. The van der Waals surface area contributed by atoms with Crippen LogP contribution in [-0.2, 0) is 16.4 Å². The molecule has 31 heavy (non-hydrogen) atoms. The van der Waals surface area contributed by atoms with Gasteiger partial charge >= 0.3 is 0 Å². The summed E-state index contributed by atoms with van der Waals surface area (Å²) in [7, 11) is -2.43. The zero-order valence-electron chi connectivity index (χ0n) is 17.0. The van der Waals surface area contributed by atoms with Crippen LogP contribution >= 0.6 is 0 Å². The number of sulfonamides is 1. The molecule has 0 aliphatic rings. The van der Waals surface area contributed by atoms with Crippen LogP contribution in [0.2, 0.25) is 0 Å². The lowest BCUT2D eigenvalue weighted by Crippen LogP contribution is -2.25. The van der Waals surface area contributed by atoms with Gasteiger partial charge in [-0.15, -0.1) is 0 Å². The maximum absolute atomic E-state index is 13.8. The van der Waals surface area contributed by atoms with Gasteiger partial charge in [-0.2, -0.15) is 0 Å². The first-order valence-electron chi connectivity index (χ1n) is 9.67. The van der Waals surface area contributed by atoms with E-state index in [0.717, 1.165) is 23.8 Å². The van der Waals surface area contributed by atoms with Crippen molar-refractivity contribution in [1.82, 2.24) is 5.32 Å². The summed E-state index contributed by atoms with van der Waals surface area (Å²) in [6.07, 6.45) is 1.48. The first kappa shape index (κ1) is 22.3. The highest BCUT2D eigenvalue weighted by Crippen LogP contribution is 2.19. The lowest BCUT2D eigenvalue weighted by molar-refractivity contribution is 0.0953. The van der Waals surface area contributed by atoms with Crippen molar-refractivity contribution in [3.8, 4) is 5.75 Å². The number of rotatable bonds is 9. The van der Waals surface area contributed by atoms with Crippen LogP contribution in [0.4, 0.5) is 10.1 Å². The smallest absolute Gasteiger partial charge is 0.262 e. The predicted octanol–water partition coefficient (Wildman–Crippen LogP) is 4.00. The predicted molar refractivity (Wildman–Crippen MR) is 117 cm³/mol. The number of nitrogens with one attached hydrogen (secondary N) is 2. The molecule has 0 aromatic heterocycles. The first-order chi connectivity index (χ1) is 14.9. The maximum atomic E-state index is 13.8. The number of aryl methyl sites for hydroxylation is 1. The number of hydrogen-bond donors (Lipinski definition) is 2. The lowest BCUT2D eigenvalue weighted by atomic mass is 10.1. The minimum absolute atomic E-state index is 0.125. The Hall–Kier alpha value is -3.39. The number of carbonyl (C=O) groups is 1. The van der Waals surface area contributed by atoms with E-state index in [1.807, 2.05) is 24.3 Å². The molecule has 0 unspecified atom stereocenters. The number of amides is 1. The quantitative estimate of drug-likeness (QED) is 0.491. The fourth-order valence-corrected chi connectivity index (χ4v) is 4.09. The van der Waals surface area contributed by atoms with E-state index in [0.29, 0.717) is 13.0 Å². The number of anilines is 1. The van der Waals surface area contributed by atoms with Crippen molar-refractivity contribution in [3.63, 3.8) is 0 Å². The zero-order valence-corrected chi connectivity index (χ0v) is 17.8. The Morgan fingerprint density at radius 2 is 1.77 bits per heavy atom. The fraction of sp³-hybridized carbons (Fsp3) is 0.174. The van der Waals surface area contributed by atoms with Crippen molar-refractivity contribution >= 4 is 21.6 Å². The van der Waals surface area contributed by atoms with Crippen LogP contribution in [0, 0.1) is 5.82 Å². The number of hydrogen-bond acceptors (Lipinski definition) is 4. The summed E-state index contributed by atoms with van der Waals surface area (Å²) in [6.45, 7) is 0.431. The monoisotopic (exact) mass is 442 g/mol. The second-order valence-corrected chi connectivity index (χ2v) is 8.51. The third-order valence-corrected chi connectivity index (χ3v) is 5.95. The van der Waals surface area contributed by atoms with Gasteiger partial charge in [0.1, 0.15) is 11.6 Å². The van der Waals surface area contributed by atoms with Gasteiger partial charge in [0.25, 0.3) is 15.9 Å². The highest BCUT2D eigenvalue weighted by atomic mass is 32.2. The molecule has 0 aliphatic heterocycles. The Morgan fingerprint density at radius 1 is 1.00 bits per heavy atom. The Kier molecular flexibility index (Phi) is 7.25. The molecule has 2 N–H and O–H groups in total. The normalized spacial score (nSPS) is 11.0. The summed E-state index contributed by atoms with van der Waals surface area (Å²) in [5.41, 5.74) is 1.15. The number of methoxy groups -OCH3 is 1. The third kappa shape index (κ3) is 6.05. The molecule has 0 aliphatic carbocycles. The topological polar surface area (TPSA) is 84.5 Å². The van der Waals surface area contributed by atoms with Gasteiger partial charge < -0.3 is 10.1 Å². The summed E-state index contributed by atoms with van der Waals surface area (Å²) >= 11 is 0. The highest BCUT2D eigenvalue weighted by molar-refractivity contribution is 7.92. The molecule has 0 heterocycles. The van der Waals surface area contributed by atoms with E-state index in [9.17, 15) is 17.6 Å². The van der Waals surface area contributed by atoms with E-state index in [2.05, 4.69) is 10.0 Å². The van der Waals surface area contributed by atoms with E-state index >= 15 is 0 Å². The average molecular weight is 443 g/mol. The van der Waals surface area contributed by atoms with Crippen LogP contribution in [0.3, 0.4) is 0 Å². The Morgan fingerprint density at radius 3 is 2.55 bits per heavy atom. The Balaban J connectivity index is 1.60. The van der Waals surface area contributed by atoms with Crippen LogP contribution in [0.15, 0.2) is 77.7 Å². The van der Waals surface area contributed by atoms with Crippen LogP contribution < -0.4 is 14.8 Å². The minimum atomic E-state index is -4.04. The van der Waals surface area contributed by atoms with Crippen molar-refractivity contribution in [2.45, 2.75) is 17.7 Å². The standard InChI is InChI=1S/C23H23FN2O4S/c1-30-19-10-4-7-17(15-19)8-6-14-25-23(27)18-9-5-11-20(16-18)31(28,29)26-22-13-3-2-12-21(22)24/h2-5,7,9-13,15-16,26H,6,8,14H2,1H3,(H,25,27). The minimum Gasteiger partial charge on any atom is -0.497 e. The van der Waals surface area contributed by atoms with Gasteiger partial charge in [-0.1, -0.05) is 30.3 Å². The fourth-order valence-electron chi connectivity index (χ4n) is 2.98. The summed E-state index contributed by atoms with van der Waals surface area (Å²) in [5, 5.41) is 2.79. The van der Waals surface area contributed by atoms with Gasteiger partial charge in [0.2, 0.25) is 0 Å². The number of ether oxygens (including phenoxy) is 1. The van der Waals surface area contributed by atoms with Crippen molar-refractivity contribution in [2.24, 2.45) is 0 Å². The molecule has 162 valence electrons. The first-order valence-corrected chi connectivity index (χ1v) is 11.2. The van der Waals surface area contributed by atoms with Crippen LogP contribution in [-0.4, -0.2) is 28.0 Å². The molecule has 0 spiro atoms. The summed E-state index contributed by atoms with van der Waals surface area (Å²) in [4.78, 5) is 12.3. The molecule has 0 radical (unpaired) electrons. The van der Waals surface area contributed by atoms with Gasteiger partial charge in [0.05, 0.1) is 17.7 Å². The second-order valence-electron chi connectivity index (χ2n) is 6.82. The highest BCUT2D eigenvalue weighted by Gasteiger charge is 2.18. The number of halogens is 1. The van der Waals surface area contributed by atoms with E-state index in [1.54, 1.807) is 7.11 Å². The molecule has 3 aromatic carbocycles. The molecule has 0 saturated heterocycles. The average Bonchev–Trinajstić information content (AvgIpc) is 2.78. The van der Waals surface area contributed by atoms with Crippen molar-refractivity contribution < 1.29 is 22.3 Å². The molecule has 3 aromatic rings. The van der Waals surface area contributed by atoms with Gasteiger partial charge in [-0.25, -0.2) is 12.8 Å². The lowest BCUT2D eigenvalue weighted by Gasteiger charge is -2.10. The number of carbonyl (C=O) groups excluding carboxylic acids is 1. The molecule has 0 fully saturated rings. The molecular formula is C23H23FN2O4S. The Labute approximate surface area is 181 Å². The van der Waals surface area contributed by atoms with Crippen molar-refractivity contribution in [1.29, 1.82) is 0 Å². The molecule has 8 heteroatoms. The van der Waals surface area contributed by atoms with E-state index < -0.39 is 15.8 Å². The zero-order chi connectivity index (χ0) is 22.3. The van der Waals surface area contributed by atoms with E-state index in [-0.39, 0.29) is 22.1 Å². The van der Waals surface area contributed by atoms with Gasteiger partial charge in [-0.05, 0) is 60.9 Å². The van der Waals surface area contributed by atoms with Crippen LogP contribution in [0.5, 0.6) is 5.75 Å². The SMILES string of the molecule is COc1cccc(CCCNC(=O)c2cccc(S(=O)(=O)Nc3ccccc3F)c2)c1. The van der Waals surface area contributed by atoms with E-state index in [1.165, 1.54) is 42.5 Å². The third-order valence-electron chi connectivity index (χ3n) is 4.59. The Bertz CT molecular complexity index is 1170. The molecule has 0 saturated carbocycles. The molecule has 0 bridgehead atoms. The number of benzene rings is 3. The molecular weight excluding hydrogens is 419 g/mol. The van der Waals surface area contributed by atoms with Gasteiger partial charge in [0, 0.05) is 12.1 Å². The van der Waals surface area contributed by atoms with Crippen LogP contribution in [0.1, 0.15) is 22.3 Å². The number of para-hydroxylation sites is 1. The summed E-state index contributed by atoms with van der Waals surface area (Å²) in [6, 6.07) is 18.8. The summed E-state index contributed by atoms with van der Waals surface area (Å²) < 4.78 is 46.3. The molecule has 3 rings (SSSR count). The maximum Gasteiger partial charge on any atom is 0.262 e. The largest absolute Gasteiger partial charge is 0.497 e. The molecule has 1 amide bonds. The van der Waals surface area contributed by atoms with Crippen molar-refractivity contribution in [3.05, 3.63) is 89.7 Å². The van der Waals surface area contributed by atoms with E-state index in [4.69, 9.17) is 4.74 Å². The summed E-state index contributed by atoms with van der Waals surface area (Å²) in [5.74, 6) is -0.284. The second kappa shape index (κ2) is 10.1. The van der Waals surface area contributed by atoms with Crippen LogP contribution in [0.25, 0.3) is 0 Å². The molecule has 6 nitrogen and oxygen atoms in total. The van der Waals surface area contributed by atoms with Crippen molar-refractivity contribution in [2.75, 3.05) is 18.4 Å².